The van der Waals surface area contributed by atoms with Gasteiger partial charge in [0.25, 0.3) is 11.8 Å². The maximum atomic E-state index is 13.4. The zero-order valence-corrected chi connectivity index (χ0v) is 17.9. The Morgan fingerprint density at radius 3 is 2.35 bits per heavy atom. The van der Waals surface area contributed by atoms with E-state index < -0.39 is 0 Å². The van der Waals surface area contributed by atoms with Crippen LogP contribution in [-0.2, 0) is 14.3 Å². The SMILES string of the molecule is COc1ccc(C2=C(Nc3ccccc3C)C(=O)N(CCN3CCOCC3)C2=O)cc1. The second-order valence-electron chi connectivity index (χ2n) is 7.63. The Labute approximate surface area is 182 Å². The van der Waals surface area contributed by atoms with Gasteiger partial charge in [0.05, 0.1) is 25.9 Å². The lowest BCUT2D eigenvalue weighted by Gasteiger charge is -2.28. The molecule has 162 valence electrons. The van der Waals surface area contributed by atoms with Crippen molar-refractivity contribution in [2.75, 3.05) is 51.8 Å². The quantitative estimate of drug-likeness (QED) is 0.693. The average Bonchev–Trinajstić information content (AvgIpc) is 3.03. The second kappa shape index (κ2) is 9.32. The lowest BCUT2D eigenvalue weighted by atomic mass is 10.0. The molecule has 31 heavy (non-hydrogen) atoms. The van der Waals surface area contributed by atoms with Crippen molar-refractivity contribution in [2.24, 2.45) is 0 Å². The number of imide groups is 1. The molecule has 1 saturated heterocycles. The third kappa shape index (κ3) is 4.47. The first kappa shape index (κ1) is 21.1. The minimum atomic E-state index is -0.299. The first-order valence-electron chi connectivity index (χ1n) is 10.5. The highest BCUT2D eigenvalue weighted by Crippen LogP contribution is 2.32. The monoisotopic (exact) mass is 421 g/mol. The summed E-state index contributed by atoms with van der Waals surface area (Å²) in [6.45, 7) is 5.92. The Morgan fingerprint density at radius 1 is 0.968 bits per heavy atom. The minimum absolute atomic E-state index is 0.278. The van der Waals surface area contributed by atoms with Gasteiger partial charge in [0.1, 0.15) is 11.4 Å². The number of carbonyl (C=O) groups excluding carboxylic acids is 2. The van der Waals surface area contributed by atoms with Gasteiger partial charge in [0.15, 0.2) is 0 Å². The van der Waals surface area contributed by atoms with Crippen LogP contribution in [0.25, 0.3) is 5.57 Å². The van der Waals surface area contributed by atoms with E-state index in [9.17, 15) is 9.59 Å². The van der Waals surface area contributed by atoms with Crippen LogP contribution in [0.5, 0.6) is 5.75 Å². The number of rotatable bonds is 7. The third-order valence-corrected chi connectivity index (χ3v) is 5.70. The Balaban J connectivity index is 1.63. The fourth-order valence-electron chi connectivity index (χ4n) is 3.83. The molecule has 1 fully saturated rings. The molecule has 2 aromatic rings. The van der Waals surface area contributed by atoms with Gasteiger partial charge in [-0.3, -0.25) is 19.4 Å². The van der Waals surface area contributed by atoms with Crippen LogP contribution in [0, 0.1) is 6.92 Å². The van der Waals surface area contributed by atoms with Crippen LogP contribution in [0.15, 0.2) is 54.2 Å². The van der Waals surface area contributed by atoms with Gasteiger partial charge in [-0.2, -0.15) is 0 Å². The molecule has 1 N–H and O–H groups in total. The zero-order valence-electron chi connectivity index (χ0n) is 17.9. The fraction of sp³-hybridized carbons (Fsp3) is 0.333. The molecule has 2 amide bonds. The van der Waals surface area contributed by atoms with Crippen LogP contribution in [0.4, 0.5) is 5.69 Å². The van der Waals surface area contributed by atoms with E-state index in [1.54, 1.807) is 19.2 Å². The van der Waals surface area contributed by atoms with E-state index in [0.717, 1.165) is 24.3 Å². The lowest BCUT2D eigenvalue weighted by molar-refractivity contribution is -0.137. The molecule has 2 aromatic carbocycles. The Kier molecular flexibility index (Phi) is 6.34. The molecular weight excluding hydrogens is 394 g/mol. The number of anilines is 1. The minimum Gasteiger partial charge on any atom is -0.497 e. The van der Waals surface area contributed by atoms with Crippen molar-refractivity contribution < 1.29 is 19.1 Å². The molecule has 7 nitrogen and oxygen atoms in total. The number of aryl methyl sites for hydroxylation is 1. The molecule has 2 aliphatic heterocycles. The normalized spacial score (nSPS) is 17.4. The summed E-state index contributed by atoms with van der Waals surface area (Å²) >= 11 is 0. The average molecular weight is 421 g/mol. The van der Waals surface area contributed by atoms with E-state index in [1.807, 2.05) is 43.3 Å². The predicted molar refractivity (Wildman–Crippen MR) is 119 cm³/mol. The van der Waals surface area contributed by atoms with Gasteiger partial charge in [0.2, 0.25) is 0 Å². The number of para-hydroxylation sites is 1. The van der Waals surface area contributed by atoms with E-state index in [2.05, 4.69) is 10.2 Å². The molecule has 7 heteroatoms. The summed E-state index contributed by atoms with van der Waals surface area (Å²) in [5, 5.41) is 3.24. The summed E-state index contributed by atoms with van der Waals surface area (Å²) in [5.74, 6) is 0.116. The molecule has 0 saturated carbocycles. The van der Waals surface area contributed by atoms with Crippen LogP contribution in [0.1, 0.15) is 11.1 Å². The molecule has 0 bridgehead atoms. The van der Waals surface area contributed by atoms with Gasteiger partial charge in [-0.15, -0.1) is 0 Å². The summed E-state index contributed by atoms with van der Waals surface area (Å²) in [6.07, 6.45) is 0. The predicted octanol–water partition coefficient (Wildman–Crippen LogP) is 2.53. The topological polar surface area (TPSA) is 71.1 Å². The Morgan fingerprint density at radius 2 is 1.68 bits per heavy atom. The fourth-order valence-corrected chi connectivity index (χ4v) is 3.83. The third-order valence-electron chi connectivity index (χ3n) is 5.70. The molecule has 0 radical (unpaired) electrons. The van der Waals surface area contributed by atoms with Crippen LogP contribution in [-0.4, -0.2) is 68.1 Å². The van der Waals surface area contributed by atoms with Crippen molar-refractivity contribution in [1.29, 1.82) is 0 Å². The summed E-state index contributed by atoms with van der Waals surface area (Å²) in [7, 11) is 1.59. The number of nitrogens with zero attached hydrogens (tertiary/aromatic N) is 2. The highest BCUT2D eigenvalue weighted by Gasteiger charge is 2.39. The van der Waals surface area contributed by atoms with Gasteiger partial charge in [0, 0.05) is 31.9 Å². The smallest absolute Gasteiger partial charge is 0.278 e. The highest BCUT2D eigenvalue weighted by atomic mass is 16.5. The van der Waals surface area contributed by atoms with Crippen LogP contribution in [0.2, 0.25) is 0 Å². The number of amides is 2. The first-order valence-corrected chi connectivity index (χ1v) is 10.5. The highest BCUT2D eigenvalue weighted by molar-refractivity contribution is 6.36. The zero-order chi connectivity index (χ0) is 21.8. The first-order chi connectivity index (χ1) is 15.1. The Bertz CT molecular complexity index is 994. The molecule has 0 unspecified atom stereocenters. The van der Waals surface area contributed by atoms with Gasteiger partial charge in [-0.05, 0) is 36.2 Å². The number of ether oxygens (including phenoxy) is 2. The number of hydrogen-bond donors (Lipinski definition) is 1. The number of methoxy groups -OCH3 is 1. The van der Waals surface area contributed by atoms with E-state index in [4.69, 9.17) is 9.47 Å². The van der Waals surface area contributed by atoms with Gasteiger partial charge < -0.3 is 14.8 Å². The van der Waals surface area contributed by atoms with Crippen molar-refractivity contribution in [1.82, 2.24) is 9.80 Å². The number of morpholine rings is 1. The summed E-state index contributed by atoms with van der Waals surface area (Å²) in [4.78, 5) is 30.2. The second-order valence-corrected chi connectivity index (χ2v) is 7.63. The number of hydrogen-bond acceptors (Lipinski definition) is 6. The van der Waals surface area contributed by atoms with Crippen molar-refractivity contribution in [2.45, 2.75) is 6.92 Å². The lowest BCUT2D eigenvalue weighted by Crippen LogP contribution is -2.43. The van der Waals surface area contributed by atoms with E-state index in [0.29, 0.717) is 48.9 Å². The van der Waals surface area contributed by atoms with Gasteiger partial charge in [-0.25, -0.2) is 0 Å². The largest absolute Gasteiger partial charge is 0.497 e. The van der Waals surface area contributed by atoms with Crippen molar-refractivity contribution in [3.05, 3.63) is 65.4 Å². The molecule has 4 rings (SSSR count). The maximum Gasteiger partial charge on any atom is 0.278 e. The van der Waals surface area contributed by atoms with Crippen LogP contribution < -0.4 is 10.1 Å². The molecule has 0 aromatic heterocycles. The molecule has 0 aliphatic carbocycles. The number of carbonyl (C=O) groups is 2. The number of nitrogens with one attached hydrogen (secondary N) is 1. The summed E-state index contributed by atoms with van der Waals surface area (Å²) in [5.41, 5.74) is 3.18. The van der Waals surface area contributed by atoms with Crippen molar-refractivity contribution in [3.63, 3.8) is 0 Å². The van der Waals surface area contributed by atoms with E-state index >= 15 is 0 Å². The van der Waals surface area contributed by atoms with Gasteiger partial charge >= 0.3 is 0 Å². The van der Waals surface area contributed by atoms with Crippen molar-refractivity contribution >= 4 is 23.1 Å². The molecule has 0 atom stereocenters. The summed E-state index contributed by atoms with van der Waals surface area (Å²) < 4.78 is 10.6. The maximum absolute atomic E-state index is 13.4. The standard InChI is InChI=1S/C24H27N3O4/c1-17-5-3-4-6-20(17)25-22-21(18-7-9-19(30-2)10-8-18)23(28)27(24(22)29)12-11-26-13-15-31-16-14-26/h3-10,25H,11-16H2,1-2H3. The van der Waals surface area contributed by atoms with Crippen LogP contribution in [0.3, 0.4) is 0 Å². The van der Waals surface area contributed by atoms with E-state index in [-0.39, 0.29) is 11.8 Å². The molecular formula is C24H27N3O4. The van der Waals surface area contributed by atoms with E-state index in [1.165, 1.54) is 4.90 Å². The molecule has 2 heterocycles. The molecule has 2 aliphatic rings. The number of benzene rings is 2. The van der Waals surface area contributed by atoms with Crippen LogP contribution >= 0.6 is 0 Å². The van der Waals surface area contributed by atoms with Gasteiger partial charge in [-0.1, -0.05) is 30.3 Å². The molecule has 0 spiro atoms. The van der Waals surface area contributed by atoms with Crippen molar-refractivity contribution in [3.8, 4) is 5.75 Å². The summed E-state index contributed by atoms with van der Waals surface area (Å²) in [6, 6.07) is 14.9. The Hall–Kier alpha value is -3.16.